The van der Waals surface area contributed by atoms with Crippen molar-refractivity contribution in [3.8, 4) is 0 Å². The molecule has 0 bridgehead atoms. The minimum absolute atomic E-state index is 0.0552. The third-order valence-corrected chi connectivity index (χ3v) is 10.8. The van der Waals surface area contributed by atoms with Gasteiger partial charge in [0.2, 0.25) is 0 Å². The van der Waals surface area contributed by atoms with Crippen molar-refractivity contribution >= 4 is 11.8 Å². The van der Waals surface area contributed by atoms with Crippen molar-refractivity contribution in [1.82, 2.24) is 0 Å². The Morgan fingerprint density at radius 3 is 1.25 bits per heavy atom. The number of ether oxygens (including phenoxy) is 1. The van der Waals surface area contributed by atoms with E-state index in [1.54, 1.807) is 0 Å². The highest BCUT2D eigenvalue weighted by Gasteiger charge is 3.02. The Balaban J connectivity index is 1.49. The van der Waals surface area contributed by atoms with Gasteiger partial charge in [0.05, 0.1) is 5.41 Å². The molecule has 7 spiro atoms. The fourth-order valence-corrected chi connectivity index (χ4v) is 9.34. The molecule has 1 saturated heterocycles. The lowest BCUT2D eigenvalue weighted by Gasteiger charge is -2.58. The van der Waals surface area contributed by atoms with Gasteiger partial charge in [-0.05, 0) is 77.0 Å². The number of fused-ring (bicyclic) bond motifs is 6. The van der Waals surface area contributed by atoms with E-state index >= 15 is 0 Å². The first kappa shape index (κ1) is 12.5. The van der Waals surface area contributed by atoms with Crippen molar-refractivity contribution in [2.75, 3.05) is 0 Å². The summed E-state index contributed by atoms with van der Waals surface area (Å²) in [7, 11) is 0. The SMILES string of the molecule is O=C1OC2(C3(CC3)C13CC3)C1(CC1)C1(CC1)C(=O)C1(CC1)C21CC1. The molecule has 8 rings (SSSR count). The lowest BCUT2D eigenvalue weighted by molar-refractivity contribution is -0.216. The number of hydrogen-bond acceptors (Lipinski definition) is 3. The lowest BCUT2D eigenvalue weighted by atomic mass is 9.45. The maximum absolute atomic E-state index is 13.7. The molecule has 0 amide bonds. The van der Waals surface area contributed by atoms with Crippen LogP contribution in [0.2, 0.25) is 0 Å². The van der Waals surface area contributed by atoms with Crippen LogP contribution in [0.5, 0.6) is 0 Å². The van der Waals surface area contributed by atoms with Gasteiger partial charge in [0.1, 0.15) is 11.4 Å². The Labute approximate surface area is 141 Å². The van der Waals surface area contributed by atoms with Gasteiger partial charge in [0.25, 0.3) is 0 Å². The number of esters is 1. The Bertz CT molecular complexity index is 742. The highest BCUT2D eigenvalue weighted by molar-refractivity contribution is 6.00. The minimum atomic E-state index is -0.235. The van der Waals surface area contributed by atoms with Crippen LogP contribution in [0.25, 0.3) is 0 Å². The fraction of sp³-hybridized carbons (Fsp3) is 0.905. The Morgan fingerprint density at radius 2 is 0.917 bits per heavy atom. The number of Topliss-reactive ketones (excluding diaryl/α,β-unsaturated/α-hetero) is 1. The maximum atomic E-state index is 13.7. The molecule has 0 radical (unpaired) electrons. The quantitative estimate of drug-likeness (QED) is 0.640. The molecule has 3 heteroatoms. The van der Waals surface area contributed by atoms with Crippen LogP contribution in [0.3, 0.4) is 0 Å². The van der Waals surface area contributed by atoms with Crippen LogP contribution in [0.1, 0.15) is 77.0 Å². The van der Waals surface area contributed by atoms with Crippen LogP contribution in [0.4, 0.5) is 0 Å². The van der Waals surface area contributed by atoms with E-state index in [1.165, 1.54) is 12.8 Å². The van der Waals surface area contributed by atoms with Crippen LogP contribution in [-0.2, 0) is 14.3 Å². The van der Waals surface area contributed by atoms with Gasteiger partial charge in [-0.2, -0.15) is 0 Å². The van der Waals surface area contributed by atoms with Crippen LogP contribution in [-0.4, -0.2) is 17.4 Å². The van der Waals surface area contributed by atoms with Gasteiger partial charge in [0, 0.05) is 27.1 Å². The summed E-state index contributed by atoms with van der Waals surface area (Å²) in [6, 6.07) is 0. The first-order valence-electron chi connectivity index (χ1n) is 10.3. The molecule has 8 aliphatic rings. The summed E-state index contributed by atoms with van der Waals surface area (Å²) in [6.45, 7) is 0. The molecular weight excluding hydrogens is 300 g/mol. The topological polar surface area (TPSA) is 43.4 Å². The van der Waals surface area contributed by atoms with Gasteiger partial charge in [-0.3, -0.25) is 9.59 Å². The van der Waals surface area contributed by atoms with Gasteiger partial charge in [-0.1, -0.05) is 0 Å². The third kappa shape index (κ3) is 0.761. The van der Waals surface area contributed by atoms with E-state index in [-0.39, 0.29) is 44.1 Å². The predicted octanol–water partition coefficient (Wildman–Crippen LogP) is 3.55. The van der Waals surface area contributed by atoms with E-state index in [2.05, 4.69) is 0 Å². The van der Waals surface area contributed by atoms with Crippen molar-refractivity contribution in [1.29, 1.82) is 0 Å². The molecule has 1 aliphatic heterocycles. The summed E-state index contributed by atoms with van der Waals surface area (Å²) in [6.07, 6.45) is 13.5. The zero-order valence-electron chi connectivity index (χ0n) is 14.2. The average Bonchev–Trinajstić information content (AvgIpc) is 3.46. The van der Waals surface area contributed by atoms with Crippen LogP contribution in [0, 0.1) is 32.5 Å². The summed E-state index contributed by atoms with van der Waals surface area (Å²) in [5.74, 6) is 0.790. The van der Waals surface area contributed by atoms with Gasteiger partial charge in [0.15, 0.2) is 0 Å². The molecule has 1 heterocycles. The van der Waals surface area contributed by atoms with Gasteiger partial charge in [-0.25, -0.2) is 0 Å². The summed E-state index contributed by atoms with van der Waals surface area (Å²) in [5, 5.41) is 0. The van der Waals surface area contributed by atoms with E-state index in [0.29, 0.717) is 5.78 Å². The number of rotatable bonds is 0. The molecule has 7 saturated carbocycles. The molecule has 0 aromatic heterocycles. The summed E-state index contributed by atoms with van der Waals surface area (Å²) >= 11 is 0. The smallest absolute Gasteiger partial charge is 0.313 e. The first-order valence-corrected chi connectivity index (χ1v) is 10.3. The number of ketones is 1. The fourth-order valence-electron chi connectivity index (χ4n) is 9.34. The molecular formula is C21H24O3. The molecule has 7 aliphatic carbocycles. The Kier molecular flexibility index (Phi) is 1.42. The van der Waals surface area contributed by atoms with E-state index in [0.717, 1.165) is 64.2 Å². The number of carbonyl (C=O) groups excluding carboxylic acids is 2. The van der Waals surface area contributed by atoms with Crippen LogP contribution in [0.15, 0.2) is 0 Å². The zero-order chi connectivity index (χ0) is 15.8. The second-order valence-corrected chi connectivity index (χ2v) is 10.9. The van der Waals surface area contributed by atoms with Crippen molar-refractivity contribution in [3.63, 3.8) is 0 Å². The molecule has 0 aromatic carbocycles. The second kappa shape index (κ2) is 2.74. The highest BCUT2D eigenvalue weighted by Crippen LogP contribution is 2.99. The minimum Gasteiger partial charge on any atom is -0.457 e. The average molecular weight is 324 g/mol. The summed E-state index contributed by atoms with van der Waals surface area (Å²) in [5.41, 5.74) is -0.261. The monoisotopic (exact) mass is 324 g/mol. The van der Waals surface area contributed by atoms with Gasteiger partial charge < -0.3 is 4.74 Å². The van der Waals surface area contributed by atoms with E-state index in [4.69, 9.17) is 4.74 Å². The van der Waals surface area contributed by atoms with E-state index < -0.39 is 0 Å². The summed E-state index contributed by atoms with van der Waals surface area (Å²) < 4.78 is 6.71. The number of carbonyl (C=O) groups is 2. The molecule has 8 fully saturated rings. The van der Waals surface area contributed by atoms with Crippen molar-refractivity contribution in [2.24, 2.45) is 32.5 Å². The second-order valence-electron chi connectivity index (χ2n) is 10.9. The van der Waals surface area contributed by atoms with Crippen LogP contribution < -0.4 is 0 Å². The van der Waals surface area contributed by atoms with E-state index in [1.807, 2.05) is 0 Å². The highest BCUT2D eigenvalue weighted by atomic mass is 16.6. The van der Waals surface area contributed by atoms with Gasteiger partial charge >= 0.3 is 5.97 Å². The Hall–Kier alpha value is -0.860. The van der Waals surface area contributed by atoms with E-state index in [9.17, 15) is 9.59 Å². The normalized spacial score (nSPS) is 43.8. The molecule has 3 nitrogen and oxygen atoms in total. The molecule has 126 valence electrons. The van der Waals surface area contributed by atoms with Crippen molar-refractivity contribution in [2.45, 2.75) is 82.7 Å². The summed E-state index contributed by atoms with van der Waals surface area (Å²) in [4.78, 5) is 26.9. The Morgan fingerprint density at radius 1 is 0.542 bits per heavy atom. The molecule has 0 N–H and O–H groups in total. The standard InChI is InChI=1S/C21H24O3/c22-13-15(1-2-15)18(7-8-18)21(19(9-10-19)16(13)3-4-16)20(11-12-20)17(5-6-17)14(23)24-21/h1-12H2. The lowest BCUT2D eigenvalue weighted by Crippen LogP contribution is -2.67. The number of hydrogen-bond donors (Lipinski definition) is 0. The third-order valence-electron chi connectivity index (χ3n) is 10.8. The van der Waals surface area contributed by atoms with Crippen molar-refractivity contribution in [3.05, 3.63) is 0 Å². The molecule has 0 atom stereocenters. The molecule has 0 unspecified atom stereocenters. The first-order chi connectivity index (χ1) is 11.5. The van der Waals surface area contributed by atoms with Crippen LogP contribution >= 0.6 is 0 Å². The largest absolute Gasteiger partial charge is 0.457 e. The molecule has 24 heavy (non-hydrogen) atoms. The predicted molar refractivity (Wildman–Crippen MR) is 83.8 cm³/mol. The maximum Gasteiger partial charge on any atom is 0.313 e. The van der Waals surface area contributed by atoms with Crippen molar-refractivity contribution < 1.29 is 14.3 Å². The molecule has 0 aromatic rings. The van der Waals surface area contributed by atoms with Gasteiger partial charge in [-0.15, -0.1) is 0 Å². The zero-order valence-corrected chi connectivity index (χ0v) is 14.2.